The van der Waals surface area contributed by atoms with E-state index in [1.54, 1.807) is 6.33 Å². The van der Waals surface area contributed by atoms with Crippen molar-refractivity contribution in [3.63, 3.8) is 0 Å². The monoisotopic (exact) mass is 464 g/mol. The number of hydrogen-bond acceptors (Lipinski definition) is 9. The third-order valence-electron chi connectivity index (χ3n) is 6.45. The van der Waals surface area contributed by atoms with Gasteiger partial charge in [0.05, 0.1) is 25.0 Å². The van der Waals surface area contributed by atoms with Crippen LogP contribution in [-0.2, 0) is 13.1 Å². The maximum Gasteiger partial charge on any atom is 0.222 e. The van der Waals surface area contributed by atoms with Crippen LogP contribution >= 0.6 is 0 Å². The average Bonchev–Trinajstić information content (AvgIpc) is 3.43. The Bertz CT molecular complexity index is 1260. The minimum Gasteiger partial charge on any atom is -0.395 e. The maximum atomic E-state index is 9.57. The summed E-state index contributed by atoms with van der Waals surface area (Å²) in [5, 5.41) is 22.4. The van der Waals surface area contributed by atoms with E-state index >= 15 is 0 Å². The van der Waals surface area contributed by atoms with Crippen molar-refractivity contribution < 1.29 is 5.11 Å². The van der Waals surface area contributed by atoms with Gasteiger partial charge in [-0.3, -0.25) is 4.68 Å². The molecular formula is C23H32N10O. The standard InChI is InChI=1S/C23H32N10O/c1-2-3-9-31(10-11-34)22-20-19(28-23(24)29-22)14-32(30-20)13-16-7-8-18(12-25-17-5-4-6-17)33-21(16)26-15-27-33/h7-8,14-15,17,25,34H,2-6,9-13H2,1H3,(H2,24,28). The molecular weight excluding hydrogens is 432 g/mol. The maximum absolute atomic E-state index is 9.57. The topological polar surface area (TPSA) is 135 Å². The fraction of sp³-hybridized carbons (Fsp3) is 0.522. The molecule has 0 spiro atoms. The number of aliphatic hydroxyl groups excluding tert-OH is 1. The van der Waals surface area contributed by atoms with Crippen LogP contribution in [0.1, 0.15) is 50.3 Å². The van der Waals surface area contributed by atoms with Gasteiger partial charge in [-0.1, -0.05) is 25.8 Å². The van der Waals surface area contributed by atoms with Crippen LogP contribution < -0.4 is 16.0 Å². The summed E-state index contributed by atoms with van der Waals surface area (Å²) in [5.41, 5.74) is 10.3. The predicted molar refractivity (Wildman–Crippen MR) is 131 cm³/mol. The number of anilines is 2. The lowest BCUT2D eigenvalue weighted by atomic mass is 9.93. The van der Waals surface area contributed by atoms with Crippen LogP contribution in [0.15, 0.2) is 24.7 Å². The predicted octanol–water partition coefficient (Wildman–Crippen LogP) is 1.74. The first kappa shape index (κ1) is 22.5. The summed E-state index contributed by atoms with van der Waals surface area (Å²) in [4.78, 5) is 15.4. The number of hydrogen-bond donors (Lipinski definition) is 3. The largest absolute Gasteiger partial charge is 0.395 e. The summed E-state index contributed by atoms with van der Waals surface area (Å²) in [6.07, 6.45) is 9.30. The van der Waals surface area contributed by atoms with E-state index in [0.29, 0.717) is 36.0 Å². The first-order valence-corrected chi connectivity index (χ1v) is 12.1. The van der Waals surface area contributed by atoms with E-state index in [2.05, 4.69) is 44.4 Å². The molecule has 5 rings (SSSR count). The number of nitrogens with two attached hydrogens (primary N) is 1. The van der Waals surface area contributed by atoms with Gasteiger partial charge in [0.1, 0.15) is 11.8 Å². The van der Waals surface area contributed by atoms with Gasteiger partial charge in [-0.25, -0.2) is 14.5 Å². The molecule has 0 amide bonds. The highest BCUT2D eigenvalue weighted by Gasteiger charge is 2.19. The number of fused-ring (bicyclic) bond motifs is 2. The van der Waals surface area contributed by atoms with Crippen LogP contribution in [0.2, 0.25) is 0 Å². The molecule has 4 aromatic heterocycles. The second-order valence-corrected chi connectivity index (χ2v) is 8.88. The molecule has 4 heterocycles. The SMILES string of the molecule is CCCCN(CCO)c1nc(N)nc2cn(Cc3ccc(CNC4CCC4)n4ncnc34)nc12. The van der Waals surface area contributed by atoms with E-state index in [9.17, 15) is 5.11 Å². The second kappa shape index (κ2) is 9.90. The van der Waals surface area contributed by atoms with Gasteiger partial charge in [0, 0.05) is 31.2 Å². The van der Waals surface area contributed by atoms with Crippen molar-refractivity contribution in [1.82, 2.24) is 39.7 Å². The normalized spacial score (nSPS) is 14.2. The smallest absolute Gasteiger partial charge is 0.222 e. The van der Waals surface area contributed by atoms with Crippen molar-refractivity contribution in [3.8, 4) is 0 Å². The van der Waals surface area contributed by atoms with Gasteiger partial charge in [-0.15, -0.1) is 0 Å². The molecule has 0 aliphatic heterocycles. The van der Waals surface area contributed by atoms with E-state index in [-0.39, 0.29) is 12.6 Å². The van der Waals surface area contributed by atoms with E-state index < -0.39 is 0 Å². The van der Waals surface area contributed by atoms with E-state index in [4.69, 9.17) is 10.8 Å². The molecule has 1 aliphatic rings. The first-order chi connectivity index (χ1) is 16.7. The number of nitrogens with zero attached hydrogens (tertiary/aromatic N) is 8. The number of nitrogens with one attached hydrogen (secondary N) is 1. The zero-order valence-corrected chi connectivity index (χ0v) is 19.6. The van der Waals surface area contributed by atoms with Gasteiger partial charge < -0.3 is 21.1 Å². The van der Waals surface area contributed by atoms with Gasteiger partial charge in [0.2, 0.25) is 5.95 Å². The molecule has 0 radical (unpaired) electrons. The van der Waals surface area contributed by atoms with Gasteiger partial charge in [-0.05, 0) is 25.3 Å². The van der Waals surface area contributed by atoms with Crippen LogP contribution in [0.3, 0.4) is 0 Å². The molecule has 1 saturated carbocycles. The molecule has 0 atom stereocenters. The molecule has 1 fully saturated rings. The summed E-state index contributed by atoms with van der Waals surface area (Å²) in [7, 11) is 0. The van der Waals surface area contributed by atoms with Gasteiger partial charge >= 0.3 is 0 Å². The number of nitrogen functional groups attached to an aromatic ring is 1. The Morgan fingerprint density at radius 3 is 2.88 bits per heavy atom. The number of aromatic nitrogens is 7. The Labute approximate surface area is 198 Å². The van der Waals surface area contributed by atoms with Crippen molar-refractivity contribution in [1.29, 1.82) is 0 Å². The molecule has 0 bridgehead atoms. The van der Waals surface area contributed by atoms with Crippen molar-refractivity contribution in [2.45, 2.75) is 58.2 Å². The minimum absolute atomic E-state index is 0.0304. The van der Waals surface area contributed by atoms with E-state index in [1.807, 2.05) is 20.3 Å². The van der Waals surface area contributed by atoms with Crippen LogP contribution in [0.4, 0.5) is 11.8 Å². The summed E-state index contributed by atoms with van der Waals surface area (Å²) in [6.45, 7) is 4.69. The van der Waals surface area contributed by atoms with Crippen molar-refractivity contribution >= 4 is 28.4 Å². The molecule has 4 aromatic rings. The summed E-state index contributed by atoms with van der Waals surface area (Å²) in [5.74, 6) is 0.860. The fourth-order valence-electron chi connectivity index (χ4n) is 4.36. The number of rotatable bonds is 11. The lowest BCUT2D eigenvalue weighted by Crippen LogP contribution is -2.35. The number of unbranched alkanes of at least 4 members (excludes halogenated alkanes) is 1. The Morgan fingerprint density at radius 2 is 2.12 bits per heavy atom. The Hall–Kier alpha value is -3.31. The van der Waals surface area contributed by atoms with Crippen molar-refractivity contribution in [2.75, 3.05) is 30.3 Å². The van der Waals surface area contributed by atoms with Gasteiger partial charge in [0.25, 0.3) is 0 Å². The Balaban J connectivity index is 1.43. The van der Waals surface area contributed by atoms with Gasteiger partial charge in [-0.2, -0.15) is 15.2 Å². The molecule has 11 heteroatoms. The highest BCUT2D eigenvalue weighted by molar-refractivity contribution is 5.86. The molecule has 0 saturated heterocycles. The lowest BCUT2D eigenvalue weighted by Gasteiger charge is -2.26. The summed E-state index contributed by atoms with van der Waals surface area (Å²) in [6, 6.07) is 4.80. The Kier molecular flexibility index (Phi) is 6.54. The fourth-order valence-corrected chi connectivity index (χ4v) is 4.36. The van der Waals surface area contributed by atoms with E-state index in [0.717, 1.165) is 42.8 Å². The molecule has 180 valence electrons. The third-order valence-corrected chi connectivity index (χ3v) is 6.45. The summed E-state index contributed by atoms with van der Waals surface area (Å²) >= 11 is 0. The van der Waals surface area contributed by atoms with E-state index in [1.165, 1.54) is 19.3 Å². The third kappa shape index (κ3) is 4.53. The van der Waals surface area contributed by atoms with Crippen molar-refractivity contribution in [2.24, 2.45) is 0 Å². The first-order valence-electron chi connectivity index (χ1n) is 12.1. The molecule has 34 heavy (non-hydrogen) atoms. The van der Waals surface area contributed by atoms with Crippen molar-refractivity contribution in [3.05, 3.63) is 35.9 Å². The van der Waals surface area contributed by atoms with Crippen LogP contribution in [-0.4, -0.2) is 65.2 Å². The molecule has 1 aliphatic carbocycles. The van der Waals surface area contributed by atoms with Crippen LogP contribution in [0.5, 0.6) is 0 Å². The quantitative estimate of drug-likeness (QED) is 0.303. The summed E-state index contributed by atoms with van der Waals surface area (Å²) < 4.78 is 3.75. The zero-order valence-electron chi connectivity index (χ0n) is 19.6. The second-order valence-electron chi connectivity index (χ2n) is 8.88. The minimum atomic E-state index is 0.0304. The molecule has 0 aromatic carbocycles. The van der Waals surface area contributed by atoms with Crippen LogP contribution in [0, 0.1) is 0 Å². The van der Waals surface area contributed by atoms with Gasteiger partial charge in [0.15, 0.2) is 17.0 Å². The number of aliphatic hydroxyl groups is 1. The molecule has 4 N–H and O–H groups in total. The Morgan fingerprint density at radius 1 is 1.24 bits per heavy atom. The lowest BCUT2D eigenvalue weighted by molar-refractivity contribution is 0.301. The van der Waals surface area contributed by atoms with Crippen LogP contribution in [0.25, 0.3) is 16.7 Å². The molecule has 0 unspecified atom stereocenters. The highest BCUT2D eigenvalue weighted by atomic mass is 16.3. The highest BCUT2D eigenvalue weighted by Crippen LogP contribution is 2.25. The average molecular weight is 465 g/mol. The number of pyridine rings is 1. The zero-order chi connectivity index (χ0) is 23.5. The molecule has 11 nitrogen and oxygen atoms in total.